The lowest BCUT2D eigenvalue weighted by Crippen LogP contribution is -2.31. The van der Waals surface area contributed by atoms with E-state index in [1.54, 1.807) is 0 Å². The van der Waals surface area contributed by atoms with Gasteiger partial charge in [0.05, 0.1) is 0 Å². The first-order valence-electron chi connectivity index (χ1n) is 5.12. The molecule has 0 aliphatic heterocycles. The van der Waals surface area contributed by atoms with Crippen LogP contribution in [0.3, 0.4) is 0 Å². The van der Waals surface area contributed by atoms with Crippen LogP contribution in [0.25, 0.3) is 0 Å². The first-order valence-corrected chi connectivity index (χ1v) is 6.20. The van der Waals surface area contributed by atoms with Crippen LogP contribution < -0.4 is 5.73 Å². The van der Waals surface area contributed by atoms with Gasteiger partial charge in [-0.15, -0.1) is 0 Å². The molecule has 2 N–H and O–H groups in total. The second kappa shape index (κ2) is 5.52. The van der Waals surface area contributed by atoms with E-state index in [0.717, 1.165) is 12.8 Å². The average molecular weight is 333 g/mol. The standard InChI is InChI=1S/C12H16INO2/c1-12(2,16-11(14)15)8-7-9-3-5-10(13)6-4-9/h3-6H,7-8H2,1-2H3,(H2,14,15). The van der Waals surface area contributed by atoms with Crippen LogP contribution in [0.1, 0.15) is 25.8 Å². The predicted molar refractivity (Wildman–Crippen MR) is 72.2 cm³/mol. The Bertz CT molecular complexity index is 360. The summed E-state index contributed by atoms with van der Waals surface area (Å²) in [4.78, 5) is 10.7. The average Bonchev–Trinajstić information content (AvgIpc) is 2.15. The lowest BCUT2D eigenvalue weighted by molar-refractivity contribution is 0.0394. The van der Waals surface area contributed by atoms with Gasteiger partial charge in [0.15, 0.2) is 0 Å². The molecule has 0 saturated heterocycles. The van der Waals surface area contributed by atoms with Gasteiger partial charge in [0.1, 0.15) is 5.60 Å². The smallest absolute Gasteiger partial charge is 0.405 e. The molecule has 0 aliphatic carbocycles. The van der Waals surface area contributed by atoms with Crippen LogP contribution in [-0.4, -0.2) is 11.7 Å². The quantitative estimate of drug-likeness (QED) is 0.861. The minimum Gasteiger partial charge on any atom is -0.444 e. The number of halogens is 1. The summed E-state index contributed by atoms with van der Waals surface area (Å²) < 4.78 is 6.24. The van der Waals surface area contributed by atoms with Crippen LogP contribution in [0.5, 0.6) is 0 Å². The van der Waals surface area contributed by atoms with Gasteiger partial charge >= 0.3 is 6.09 Å². The summed E-state index contributed by atoms with van der Waals surface area (Å²) in [6, 6.07) is 8.31. The van der Waals surface area contributed by atoms with Crippen molar-refractivity contribution in [3.05, 3.63) is 33.4 Å². The number of aryl methyl sites for hydroxylation is 1. The highest BCUT2D eigenvalue weighted by Gasteiger charge is 2.21. The Morgan fingerprint density at radius 3 is 2.44 bits per heavy atom. The van der Waals surface area contributed by atoms with E-state index in [1.807, 2.05) is 13.8 Å². The Morgan fingerprint density at radius 1 is 1.38 bits per heavy atom. The third-order valence-electron chi connectivity index (χ3n) is 2.31. The van der Waals surface area contributed by atoms with Crippen LogP contribution >= 0.6 is 22.6 Å². The summed E-state index contributed by atoms with van der Waals surface area (Å²) in [5.74, 6) is 0. The van der Waals surface area contributed by atoms with Gasteiger partial charge in [0.2, 0.25) is 0 Å². The fraction of sp³-hybridized carbons (Fsp3) is 0.417. The number of carbonyl (C=O) groups excluding carboxylic acids is 1. The minimum absolute atomic E-state index is 0.505. The fourth-order valence-corrected chi connectivity index (χ4v) is 1.78. The van der Waals surface area contributed by atoms with Gasteiger partial charge in [-0.1, -0.05) is 12.1 Å². The van der Waals surface area contributed by atoms with Crippen molar-refractivity contribution in [2.24, 2.45) is 5.73 Å². The highest BCUT2D eigenvalue weighted by Crippen LogP contribution is 2.18. The number of amides is 1. The maximum absolute atomic E-state index is 10.7. The Balaban J connectivity index is 2.50. The van der Waals surface area contributed by atoms with Crippen molar-refractivity contribution < 1.29 is 9.53 Å². The number of nitrogens with two attached hydrogens (primary N) is 1. The van der Waals surface area contributed by atoms with E-state index in [0.29, 0.717) is 0 Å². The van der Waals surface area contributed by atoms with Crippen LogP contribution in [0, 0.1) is 3.57 Å². The molecule has 0 aliphatic rings. The molecule has 0 radical (unpaired) electrons. The zero-order valence-electron chi connectivity index (χ0n) is 9.50. The number of primary amides is 1. The molecule has 0 saturated carbocycles. The third kappa shape index (κ3) is 4.83. The van der Waals surface area contributed by atoms with Gasteiger partial charge in [-0.25, -0.2) is 4.79 Å². The summed E-state index contributed by atoms with van der Waals surface area (Å²) >= 11 is 2.27. The summed E-state index contributed by atoms with van der Waals surface area (Å²) in [6.45, 7) is 3.73. The van der Waals surface area contributed by atoms with E-state index in [2.05, 4.69) is 46.9 Å². The molecule has 0 heterocycles. The second-order valence-electron chi connectivity index (χ2n) is 4.31. The number of carbonyl (C=O) groups is 1. The van der Waals surface area contributed by atoms with Crippen LogP contribution in [0.15, 0.2) is 24.3 Å². The van der Waals surface area contributed by atoms with Gasteiger partial charge in [-0.2, -0.15) is 0 Å². The monoisotopic (exact) mass is 333 g/mol. The van der Waals surface area contributed by atoms with E-state index in [4.69, 9.17) is 10.5 Å². The summed E-state index contributed by atoms with van der Waals surface area (Å²) in [7, 11) is 0. The normalized spacial score (nSPS) is 11.2. The largest absolute Gasteiger partial charge is 0.444 e. The molecule has 16 heavy (non-hydrogen) atoms. The van der Waals surface area contributed by atoms with Crippen LogP contribution in [-0.2, 0) is 11.2 Å². The SMILES string of the molecule is CC(C)(CCc1ccc(I)cc1)OC(N)=O. The molecule has 0 atom stereocenters. The molecule has 1 aromatic carbocycles. The zero-order valence-corrected chi connectivity index (χ0v) is 11.7. The Morgan fingerprint density at radius 2 is 1.94 bits per heavy atom. The molecule has 0 unspecified atom stereocenters. The lowest BCUT2D eigenvalue weighted by atomic mass is 9.99. The number of hydrogen-bond donors (Lipinski definition) is 1. The molecule has 0 bridgehead atoms. The molecule has 1 rings (SSSR count). The van der Waals surface area contributed by atoms with E-state index in [1.165, 1.54) is 9.13 Å². The van der Waals surface area contributed by atoms with Gasteiger partial charge in [-0.05, 0) is 67.0 Å². The van der Waals surface area contributed by atoms with Gasteiger partial charge in [-0.3, -0.25) is 0 Å². The molecule has 1 aromatic rings. The number of hydrogen-bond acceptors (Lipinski definition) is 2. The van der Waals surface area contributed by atoms with Crippen LogP contribution in [0.4, 0.5) is 4.79 Å². The summed E-state index contributed by atoms with van der Waals surface area (Å²) in [5.41, 5.74) is 5.74. The highest BCUT2D eigenvalue weighted by atomic mass is 127. The van der Waals surface area contributed by atoms with E-state index in [-0.39, 0.29) is 0 Å². The van der Waals surface area contributed by atoms with E-state index < -0.39 is 11.7 Å². The lowest BCUT2D eigenvalue weighted by Gasteiger charge is -2.23. The predicted octanol–water partition coefficient (Wildman–Crippen LogP) is 3.10. The summed E-state index contributed by atoms with van der Waals surface area (Å²) in [5, 5.41) is 0. The molecule has 88 valence electrons. The first-order chi connectivity index (χ1) is 7.39. The van der Waals surface area contributed by atoms with Gasteiger partial charge < -0.3 is 10.5 Å². The van der Waals surface area contributed by atoms with Crippen molar-refractivity contribution >= 4 is 28.7 Å². The molecule has 4 heteroatoms. The maximum atomic E-state index is 10.7. The van der Waals surface area contributed by atoms with Crippen LogP contribution in [0.2, 0.25) is 0 Å². The highest BCUT2D eigenvalue weighted by molar-refractivity contribution is 14.1. The molecular weight excluding hydrogens is 317 g/mol. The maximum Gasteiger partial charge on any atom is 0.405 e. The number of benzene rings is 1. The van der Waals surface area contributed by atoms with E-state index >= 15 is 0 Å². The Kier molecular flexibility index (Phi) is 4.58. The molecule has 0 aromatic heterocycles. The molecular formula is C12H16INO2. The summed E-state index contributed by atoms with van der Waals surface area (Å²) in [6.07, 6.45) is 0.917. The third-order valence-corrected chi connectivity index (χ3v) is 3.03. The van der Waals surface area contributed by atoms with Crippen molar-refractivity contribution in [3.63, 3.8) is 0 Å². The first kappa shape index (κ1) is 13.3. The molecule has 1 amide bonds. The fourth-order valence-electron chi connectivity index (χ4n) is 1.42. The zero-order chi connectivity index (χ0) is 12.2. The van der Waals surface area contributed by atoms with E-state index in [9.17, 15) is 4.79 Å². The van der Waals surface area contributed by atoms with Crippen molar-refractivity contribution in [1.82, 2.24) is 0 Å². The second-order valence-corrected chi connectivity index (χ2v) is 5.55. The topological polar surface area (TPSA) is 52.3 Å². The van der Waals surface area contributed by atoms with Crippen molar-refractivity contribution in [2.75, 3.05) is 0 Å². The number of ether oxygens (including phenoxy) is 1. The molecule has 0 spiro atoms. The number of rotatable bonds is 4. The van der Waals surface area contributed by atoms with Crippen molar-refractivity contribution in [1.29, 1.82) is 0 Å². The Hall–Kier alpha value is -0.780. The van der Waals surface area contributed by atoms with Crippen molar-refractivity contribution in [3.8, 4) is 0 Å². The van der Waals surface area contributed by atoms with Gasteiger partial charge in [0, 0.05) is 3.57 Å². The molecule has 3 nitrogen and oxygen atoms in total. The molecule has 0 fully saturated rings. The van der Waals surface area contributed by atoms with Crippen molar-refractivity contribution in [2.45, 2.75) is 32.3 Å². The van der Waals surface area contributed by atoms with Gasteiger partial charge in [0.25, 0.3) is 0 Å². The minimum atomic E-state index is -0.715. The Labute approximate surface area is 109 Å².